The highest BCUT2D eigenvalue weighted by atomic mass is 35.5. The Kier molecular flexibility index (Phi) is 2.51. The lowest BCUT2D eigenvalue weighted by Crippen LogP contribution is -1.95. The fourth-order valence-corrected chi connectivity index (χ4v) is 1.45. The minimum atomic E-state index is -0.334. The number of nitrogens with zero attached hydrogens (tertiary/aromatic N) is 2. The third kappa shape index (κ3) is 2.05. The molecule has 1 heterocycles. The van der Waals surface area contributed by atoms with Crippen molar-refractivity contribution in [2.75, 3.05) is 5.73 Å². The number of nitrogen functional groups attached to an aromatic ring is 1. The first-order valence-electron chi connectivity index (χ1n) is 4.21. The summed E-state index contributed by atoms with van der Waals surface area (Å²) in [6.07, 6.45) is 0. The van der Waals surface area contributed by atoms with Crippen molar-refractivity contribution in [2.45, 2.75) is 0 Å². The lowest BCUT2D eigenvalue weighted by Gasteiger charge is -2.03. The SMILES string of the molecule is Nc1cc(-c2cccc(F)c2)c(Cl)nn1. The number of rotatable bonds is 1. The minimum Gasteiger partial charge on any atom is -0.382 e. The lowest BCUT2D eigenvalue weighted by molar-refractivity contribution is 0.628. The fraction of sp³-hybridized carbons (Fsp3) is 0. The lowest BCUT2D eigenvalue weighted by atomic mass is 10.1. The maximum atomic E-state index is 13.0. The molecular formula is C10H7ClFN3. The Bertz CT molecular complexity index is 502. The van der Waals surface area contributed by atoms with E-state index in [4.69, 9.17) is 17.3 Å². The van der Waals surface area contributed by atoms with Gasteiger partial charge in [0.2, 0.25) is 0 Å². The van der Waals surface area contributed by atoms with Gasteiger partial charge < -0.3 is 5.73 Å². The quantitative estimate of drug-likeness (QED) is 0.808. The highest BCUT2D eigenvalue weighted by molar-refractivity contribution is 6.32. The van der Waals surface area contributed by atoms with E-state index in [-0.39, 0.29) is 16.8 Å². The Morgan fingerprint density at radius 1 is 1.20 bits per heavy atom. The van der Waals surface area contributed by atoms with E-state index < -0.39 is 0 Å². The van der Waals surface area contributed by atoms with Gasteiger partial charge in [0.1, 0.15) is 11.6 Å². The number of anilines is 1. The second-order valence-electron chi connectivity index (χ2n) is 2.98. The zero-order valence-electron chi connectivity index (χ0n) is 7.61. The molecule has 0 aliphatic heterocycles. The van der Waals surface area contributed by atoms with E-state index >= 15 is 0 Å². The van der Waals surface area contributed by atoms with Crippen molar-refractivity contribution in [2.24, 2.45) is 0 Å². The molecule has 0 saturated heterocycles. The number of nitrogens with two attached hydrogens (primary N) is 1. The van der Waals surface area contributed by atoms with Crippen LogP contribution in [0, 0.1) is 5.82 Å². The fourth-order valence-electron chi connectivity index (χ4n) is 1.25. The Morgan fingerprint density at radius 3 is 2.73 bits per heavy atom. The highest BCUT2D eigenvalue weighted by Crippen LogP contribution is 2.26. The summed E-state index contributed by atoms with van der Waals surface area (Å²) >= 11 is 5.83. The summed E-state index contributed by atoms with van der Waals surface area (Å²) in [4.78, 5) is 0. The third-order valence-electron chi connectivity index (χ3n) is 1.90. The van der Waals surface area contributed by atoms with Gasteiger partial charge in [-0.1, -0.05) is 23.7 Å². The van der Waals surface area contributed by atoms with Gasteiger partial charge >= 0.3 is 0 Å². The average Bonchev–Trinajstić information content (AvgIpc) is 2.22. The molecule has 0 radical (unpaired) electrons. The van der Waals surface area contributed by atoms with E-state index in [9.17, 15) is 4.39 Å². The molecule has 0 aliphatic rings. The smallest absolute Gasteiger partial charge is 0.159 e. The van der Waals surface area contributed by atoms with Gasteiger partial charge in [-0.15, -0.1) is 10.2 Å². The summed E-state index contributed by atoms with van der Waals surface area (Å²) < 4.78 is 13.0. The first-order valence-corrected chi connectivity index (χ1v) is 4.59. The molecule has 0 atom stereocenters. The van der Waals surface area contributed by atoms with Crippen LogP contribution >= 0.6 is 11.6 Å². The molecule has 3 nitrogen and oxygen atoms in total. The summed E-state index contributed by atoms with van der Waals surface area (Å²) in [6, 6.07) is 7.60. The second-order valence-corrected chi connectivity index (χ2v) is 3.34. The van der Waals surface area contributed by atoms with Crippen LogP contribution in [0.25, 0.3) is 11.1 Å². The van der Waals surface area contributed by atoms with Gasteiger partial charge in [-0.25, -0.2) is 4.39 Å². The molecule has 0 amide bonds. The maximum absolute atomic E-state index is 13.0. The second kappa shape index (κ2) is 3.82. The van der Waals surface area contributed by atoms with Gasteiger partial charge in [-0.05, 0) is 23.8 Å². The van der Waals surface area contributed by atoms with Crippen molar-refractivity contribution in [1.82, 2.24) is 10.2 Å². The molecule has 15 heavy (non-hydrogen) atoms. The molecule has 0 spiro atoms. The van der Waals surface area contributed by atoms with Crippen LogP contribution in [0.4, 0.5) is 10.2 Å². The van der Waals surface area contributed by atoms with Gasteiger partial charge in [-0.3, -0.25) is 0 Å². The van der Waals surface area contributed by atoms with Crippen LogP contribution < -0.4 is 5.73 Å². The average molecular weight is 224 g/mol. The molecule has 1 aromatic heterocycles. The van der Waals surface area contributed by atoms with Crippen molar-refractivity contribution in [3.8, 4) is 11.1 Å². The first-order chi connectivity index (χ1) is 7.16. The maximum Gasteiger partial charge on any atom is 0.159 e. The van der Waals surface area contributed by atoms with Crippen molar-refractivity contribution in [1.29, 1.82) is 0 Å². The molecule has 5 heteroatoms. The van der Waals surface area contributed by atoms with Crippen LogP contribution in [-0.4, -0.2) is 10.2 Å². The molecule has 1 aromatic carbocycles. The standard InChI is InChI=1S/C10H7ClFN3/c11-10-8(5-9(13)14-15-10)6-2-1-3-7(12)4-6/h1-5H,(H2,13,14). The molecular weight excluding hydrogens is 217 g/mol. The molecule has 0 bridgehead atoms. The number of aromatic nitrogens is 2. The minimum absolute atomic E-state index is 0.204. The Balaban J connectivity index is 2.58. The summed E-state index contributed by atoms with van der Waals surface area (Å²) in [5.74, 6) is -0.0855. The summed E-state index contributed by atoms with van der Waals surface area (Å²) in [5, 5.41) is 7.45. The van der Waals surface area contributed by atoms with Crippen LogP contribution in [0.1, 0.15) is 0 Å². The summed E-state index contributed by atoms with van der Waals surface area (Å²) in [5.41, 5.74) is 6.68. The van der Waals surface area contributed by atoms with E-state index in [2.05, 4.69) is 10.2 Å². The van der Waals surface area contributed by atoms with Crippen LogP contribution in [0.15, 0.2) is 30.3 Å². The van der Waals surface area contributed by atoms with E-state index in [1.54, 1.807) is 18.2 Å². The normalized spacial score (nSPS) is 10.3. The van der Waals surface area contributed by atoms with Crippen LogP contribution in [0.2, 0.25) is 5.15 Å². The number of hydrogen-bond donors (Lipinski definition) is 1. The van der Waals surface area contributed by atoms with Gasteiger partial charge in [0, 0.05) is 5.56 Å². The van der Waals surface area contributed by atoms with Gasteiger partial charge in [0.15, 0.2) is 5.15 Å². The first kappa shape index (κ1) is 9.86. The monoisotopic (exact) mass is 223 g/mol. The highest BCUT2D eigenvalue weighted by Gasteiger charge is 2.06. The van der Waals surface area contributed by atoms with Gasteiger partial charge in [0.25, 0.3) is 0 Å². The third-order valence-corrected chi connectivity index (χ3v) is 2.18. The molecule has 0 saturated carbocycles. The zero-order chi connectivity index (χ0) is 10.8. The Labute approximate surface area is 90.7 Å². The zero-order valence-corrected chi connectivity index (χ0v) is 8.37. The molecule has 76 valence electrons. The van der Waals surface area contributed by atoms with Gasteiger partial charge in [-0.2, -0.15) is 0 Å². The van der Waals surface area contributed by atoms with E-state index in [0.29, 0.717) is 11.1 Å². The van der Waals surface area contributed by atoms with Crippen molar-refractivity contribution >= 4 is 17.4 Å². The van der Waals surface area contributed by atoms with Crippen molar-refractivity contribution < 1.29 is 4.39 Å². The number of hydrogen-bond acceptors (Lipinski definition) is 3. The summed E-state index contributed by atoms with van der Waals surface area (Å²) in [6.45, 7) is 0. The van der Waals surface area contributed by atoms with Crippen molar-refractivity contribution in [3.05, 3.63) is 41.3 Å². The Hall–Kier alpha value is -1.68. The Morgan fingerprint density at radius 2 is 2.00 bits per heavy atom. The molecule has 0 aliphatic carbocycles. The van der Waals surface area contributed by atoms with Crippen LogP contribution in [0.5, 0.6) is 0 Å². The number of halogens is 2. The largest absolute Gasteiger partial charge is 0.382 e. The molecule has 2 aromatic rings. The molecule has 2 rings (SSSR count). The molecule has 0 fully saturated rings. The van der Waals surface area contributed by atoms with E-state index in [0.717, 1.165) is 0 Å². The van der Waals surface area contributed by atoms with Crippen molar-refractivity contribution in [3.63, 3.8) is 0 Å². The van der Waals surface area contributed by atoms with Gasteiger partial charge in [0.05, 0.1) is 0 Å². The molecule has 0 unspecified atom stereocenters. The number of benzene rings is 1. The predicted molar refractivity (Wildman–Crippen MR) is 56.8 cm³/mol. The van der Waals surface area contributed by atoms with Crippen LogP contribution in [0.3, 0.4) is 0 Å². The van der Waals surface area contributed by atoms with Crippen LogP contribution in [-0.2, 0) is 0 Å². The summed E-state index contributed by atoms with van der Waals surface area (Å²) in [7, 11) is 0. The topological polar surface area (TPSA) is 51.8 Å². The van der Waals surface area contributed by atoms with E-state index in [1.165, 1.54) is 12.1 Å². The molecule has 2 N–H and O–H groups in total. The predicted octanol–water partition coefficient (Wildman–Crippen LogP) is 2.52. The van der Waals surface area contributed by atoms with E-state index in [1.807, 2.05) is 0 Å².